The van der Waals surface area contributed by atoms with Crippen molar-refractivity contribution < 1.29 is 14.3 Å². The quantitative estimate of drug-likeness (QED) is 0.315. The summed E-state index contributed by atoms with van der Waals surface area (Å²) in [6, 6.07) is 7.77. The molecule has 0 radical (unpaired) electrons. The number of hydrogen-bond acceptors (Lipinski definition) is 8. The Morgan fingerprint density at radius 3 is 2.76 bits per heavy atom. The van der Waals surface area contributed by atoms with Crippen LogP contribution in [0.1, 0.15) is 29.9 Å². The average Bonchev–Trinajstić information content (AvgIpc) is 3.39. The van der Waals surface area contributed by atoms with Crippen LogP contribution in [0.5, 0.6) is 0 Å². The minimum absolute atomic E-state index is 0.0623. The fourth-order valence-corrected chi connectivity index (χ4v) is 6.13. The van der Waals surface area contributed by atoms with E-state index in [9.17, 15) is 9.59 Å². The zero-order valence-corrected chi connectivity index (χ0v) is 20.5. The molecule has 0 N–H and O–H groups in total. The van der Waals surface area contributed by atoms with Crippen molar-refractivity contribution >= 4 is 45.1 Å². The van der Waals surface area contributed by atoms with Gasteiger partial charge in [0, 0.05) is 11.3 Å². The molecule has 1 aliphatic rings. The molecule has 0 spiro atoms. The lowest BCUT2D eigenvalue weighted by molar-refractivity contribution is -0.137. The molecule has 4 aromatic rings. The molecule has 33 heavy (non-hydrogen) atoms. The third kappa shape index (κ3) is 3.75. The largest absolute Gasteiger partial charge is 0.468 e. The highest BCUT2D eigenvalue weighted by molar-refractivity contribution is 7.99. The van der Waals surface area contributed by atoms with E-state index in [1.807, 2.05) is 35.6 Å². The van der Waals surface area contributed by atoms with Crippen LogP contribution in [-0.2, 0) is 27.3 Å². The number of esters is 1. The van der Waals surface area contributed by atoms with Gasteiger partial charge in [0.25, 0.3) is 5.56 Å². The van der Waals surface area contributed by atoms with E-state index in [0.29, 0.717) is 35.3 Å². The van der Waals surface area contributed by atoms with Crippen LogP contribution < -0.4 is 5.56 Å². The number of fused-ring (bicyclic) bond motifs is 5. The lowest BCUT2D eigenvalue weighted by atomic mass is 9.96. The van der Waals surface area contributed by atoms with Gasteiger partial charge in [-0.25, -0.2) is 8.97 Å². The van der Waals surface area contributed by atoms with E-state index in [0.717, 1.165) is 26.5 Å². The van der Waals surface area contributed by atoms with Crippen molar-refractivity contribution in [3.05, 3.63) is 50.6 Å². The van der Waals surface area contributed by atoms with Crippen LogP contribution in [0.25, 0.3) is 21.7 Å². The van der Waals surface area contributed by atoms with E-state index in [1.54, 1.807) is 4.57 Å². The Bertz CT molecular complexity index is 1420. The SMILES string of the molecule is COC(=O)CSc1nnc2n(-c3ccc(C)cc3)c(=O)c3c4c(sc3n12)COC(C(C)C)C4. The van der Waals surface area contributed by atoms with Gasteiger partial charge < -0.3 is 9.47 Å². The molecular weight excluding hydrogens is 460 g/mol. The Morgan fingerprint density at radius 2 is 2.06 bits per heavy atom. The van der Waals surface area contributed by atoms with Gasteiger partial charge in [0.2, 0.25) is 5.78 Å². The Balaban J connectivity index is 1.80. The molecule has 3 aromatic heterocycles. The summed E-state index contributed by atoms with van der Waals surface area (Å²) in [7, 11) is 1.36. The van der Waals surface area contributed by atoms with E-state index in [-0.39, 0.29) is 23.4 Å². The van der Waals surface area contributed by atoms with Crippen molar-refractivity contribution in [3.63, 3.8) is 0 Å². The molecule has 0 fully saturated rings. The molecule has 1 unspecified atom stereocenters. The molecule has 10 heteroatoms. The average molecular weight is 485 g/mol. The number of carbonyl (C=O) groups excluding carboxylic acids is 1. The maximum Gasteiger partial charge on any atom is 0.316 e. The summed E-state index contributed by atoms with van der Waals surface area (Å²) >= 11 is 2.78. The van der Waals surface area contributed by atoms with Gasteiger partial charge in [0.15, 0.2) is 5.16 Å². The van der Waals surface area contributed by atoms with Gasteiger partial charge in [-0.15, -0.1) is 21.5 Å². The number of carbonyl (C=O) groups is 1. The van der Waals surface area contributed by atoms with Crippen LogP contribution in [0, 0.1) is 12.8 Å². The van der Waals surface area contributed by atoms with Gasteiger partial charge in [-0.3, -0.25) is 9.59 Å². The van der Waals surface area contributed by atoms with E-state index < -0.39 is 0 Å². The van der Waals surface area contributed by atoms with E-state index in [1.165, 1.54) is 30.2 Å². The zero-order chi connectivity index (χ0) is 23.3. The standard InChI is InChI=1S/C23H24N4O4S2/c1-12(2)16-9-15-17(10-31-16)33-21-19(15)20(29)26(14-7-5-13(3)6-8-14)22-24-25-23(27(21)22)32-11-18(28)30-4/h5-8,12,16H,9-11H2,1-4H3. The van der Waals surface area contributed by atoms with Crippen molar-refractivity contribution in [3.8, 4) is 5.69 Å². The predicted octanol–water partition coefficient (Wildman–Crippen LogP) is 3.77. The van der Waals surface area contributed by atoms with Crippen LogP contribution >= 0.6 is 23.1 Å². The molecule has 4 heterocycles. The minimum atomic E-state index is -0.349. The molecule has 0 bridgehead atoms. The number of thioether (sulfide) groups is 1. The fraction of sp³-hybridized carbons (Fsp3) is 0.391. The van der Waals surface area contributed by atoms with Gasteiger partial charge >= 0.3 is 5.97 Å². The second-order valence-corrected chi connectivity index (χ2v) is 10.5. The van der Waals surface area contributed by atoms with Crippen LogP contribution in [0.4, 0.5) is 0 Å². The van der Waals surface area contributed by atoms with Crippen LogP contribution in [0.15, 0.2) is 34.2 Å². The molecule has 0 aliphatic carbocycles. The summed E-state index contributed by atoms with van der Waals surface area (Å²) in [5, 5.41) is 9.91. The van der Waals surface area contributed by atoms with Crippen molar-refractivity contribution in [1.29, 1.82) is 0 Å². The van der Waals surface area contributed by atoms with Gasteiger partial charge in [-0.05, 0) is 30.5 Å². The number of methoxy groups -OCH3 is 1. The van der Waals surface area contributed by atoms with Crippen LogP contribution in [0.3, 0.4) is 0 Å². The Labute approximate surface area is 198 Å². The number of hydrogen-bond donors (Lipinski definition) is 0. The molecule has 5 rings (SSSR count). The first kappa shape index (κ1) is 22.1. The number of thiophene rings is 1. The highest BCUT2D eigenvalue weighted by Gasteiger charge is 2.30. The van der Waals surface area contributed by atoms with Crippen molar-refractivity contribution in [2.75, 3.05) is 12.9 Å². The first-order valence-electron chi connectivity index (χ1n) is 10.7. The molecule has 172 valence electrons. The molecule has 0 amide bonds. The van der Waals surface area contributed by atoms with E-state index >= 15 is 0 Å². The van der Waals surface area contributed by atoms with Gasteiger partial charge in [-0.1, -0.05) is 43.3 Å². The van der Waals surface area contributed by atoms with Gasteiger partial charge in [0.1, 0.15) is 4.83 Å². The van der Waals surface area contributed by atoms with E-state index in [4.69, 9.17) is 9.47 Å². The Hall–Kier alpha value is -2.69. The summed E-state index contributed by atoms with van der Waals surface area (Å²) in [5.74, 6) is 0.519. The number of aryl methyl sites for hydroxylation is 1. The van der Waals surface area contributed by atoms with Crippen molar-refractivity contribution in [2.45, 2.75) is 45.1 Å². The number of nitrogens with zero attached hydrogens (tertiary/aromatic N) is 4. The number of rotatable bonds is 5. The zero-order valence-electron chi connectivity index (χ0n) is 18.8. The topological polar surface area (TPSA) is 87.7 Å². The van der Waals surface area contributed by atoms with Gasteiger partial charge in [0.05, 0.1) is 36.6 Å². The molecule has 1 aromatic carbocycles. The summed E-state index contributed by atoms with van der Waals surface area (Å²) in [6.45, 7) is 6.75. The summed E-state index contributed by atoms with van der Waals surface area (Å²) < 4.78 is 14.4. The fourth-order valence-electron chi connectivity index (χ4n) is 4.07. The van der Waals surface area contributed by atoms with Crippen LogP contribution in [-0.4, -0.2) is 44.1 Å². The summed E-state index contributed by atoms with van der Waals surface area (Å²) in [4.78, 5) is 27.5. The highest BCUT2D eigenvalue weighted by atomic mass is 32.2. The second kappa shape index (κ2) is 8.58. The first-order chi connectivity index (χ1) is 15.9. The first-order valence-corrected chi connectivity index (χ1v) is 12.5. The van der Waals surface area contributed by atoms with Crippen molar-refractivity contribution in [1.82, 2.24) is 19.2 Å². The molecule has 8 nitrogen and oxygen atoms in total. The lowest BCUT2D eigenvalue weighted by Crippen LogP contribution is -2.28. The summed E-state index contributed by atoms with van der Waals surface area (Å²) in [5.41, 5.74) is 2.76. The molecule has 1 atom stereocenters. The Morgan fingerprint density at radius 1 is 1.30 bits per heavy atom. The third-order valence-corrected chi connectivity index (χ3v) is 8.02. The molecular formula is C23H24N4O4S2. The number of benzene rings is 1. The molecule has 1 aliphatic heterocycles. The maximum absolute atomic E-state index is 13.9. The minimum Gasteiger partial charge on any atom is -0.468 e. The van der Waals surface area contributed by atoms with E-state index in [2.05, 4.69) is 24.0 Å². The maximum atomic E-state index is 13.9. The third-order valence-electron chi connectivity index (χ3n) is 5.92. The smallest absolute Gasteiger partial charge is 0.316 e. The highest BCUT2D eigenvalue weighted by Crippen LogP contribution is 2.37. The number of ether oxygens (including phenoxy) is 2. The lowest BCUT2D eigenvalue weighted by Gasteiger charge is -2.26. The second-order valence-electron chi connectivity index (χ2n) is 8.44. The molecule has 0 saturated carbocycles. The molecule has 0 saturated heterocycles. The van der Waals surface area contributed by atoms with Crippen LogP contribution in [0.2, 0.25) is 0 Å². The normalized spacial score (nSPS) is 16.0. The number of aromatic nitrogens is 4. The Kier molecular flexibility index (Phi) is 5.75. The van der Waals surface area contributed by atoms with Crippen molar-refractivity contribution in [2.24, 2.45) is 5.92 Å². The predicted molar refractivity (Wildman–Crippen MR) is 129 cm³/mol. The van der Waals surface area contributed by atoms with Gasteiger partial charge in [-0.2, -0.15) is 0 Å². The monoisotopic (exact) mass is 484 g/mol. The summed E-state index contributed by atoms with van der Waals surface area (Å²) in [6.07, 6.45) is 0.751.